The Morgan fingerprint density at radius 2 is 2.00 bits per heavy atom. The van der Waals surface area contributed by atoms with Crippen LogP contribution in [0.15, 0.2) is 24.3 Å². The van der Waals surface area contributed by atoms with Gasteiger partial charge in [-0.2, -0.15) is 4.80 Å². The second-order valence-corrected chi connectivity index (χ2v) is 6.85. The second kappa shape index (κ2) is 7.11. The molecule has 3 rings (SSSR count). The molecule has 1 atom stereocenters. The van der Waals surface area contributed by atoms with E-state index in [1.807, 2.05) is 17.0 Å². The molecule has 0 spiro atoms. The number of rotatable bonds is 4. The summed E-state index contributed by atoms with van der Waals surface area (Å²) < 4.78 is 0. The largest absolute Gasteiger partial charge is 0.338 e. The highest BCUT2D eigenvalue weighted by molar-refractivity contribution is 5.76. The summed E-state index contributed by atoms with van der Waals surface area (Å²) in [6.07, 6.45) is 3.35. The number of benzene rings is 1. The van der Waals surface area contributed by atoms with Gasteiger partial charge in [-0.3, -0.25) is 4.79 Å². The van der Waals surface area contributed by atoms with Crippen molar-refractivity contribution in [3.8, 4) is 11.4 Å². The summed E-state index contributed by atoms with van der Waals surface area (Å²) in [5.41, 5.74) is 2.20. The first-order valence-corrected chi connectivity index (χ1v) is 8.72. The van der Waals surface area contributed by atoms with E-state index in [1.165, 1.54) is 16.8 Å². The van der Waals surface area contributed by atoms with Gasteiger partial charge in [0, 0.05) is 18.2 Å². The third kappa shape index (κ3) is 3.63. The smallest absolute Gasteiger partial charge is 0.246 e. The summed E-state index contributed by atoms with van der Waals surface area (Å²) in [7, 11) is 0. The highest BCUT2D eigenvalue weighted by Crippen LogP contribution is 2.20. The Labute approximate surface area is 142 Å². The van der Waals surface area contributed by atoms with Crippen molar-refractivity contribution in [2.24, 2.45) is 0 Å². The van der Waals surface area contributed by atoms with E-state index >= 15 is 0 Å². The maximum absolute atomic E-state index is 12.4. The Morgan fingerprint density at radius 1 is 1.25 bits per heavy atom. The number of likely N-dealkylation sites (tertiary alicyclic amines) is 1. The van der Waals surface area contributed by atoms with Crippen molar-refractivity contribution >= 4 is 5.91 Å². The Bertz CT molecular complexity index is 692. The predicted molar refractivity (Wildman–Crippen MR) is 92.4 cm³/mol. The molecule has 1 fully saturated rings. The van der Waals surface area contributed by atoms with Crippen LogP contribution >= 0.6 is 0 Å². The molecule has 2 aromatic rings. The molecule has 128 valence electrons. The first-order chi connectivity index (χ1) is 11.5. The van der Waals surface area contributed by atoms with Crippen LogP contribution in [0.25, 0.3) is 11.4 Å². The molecule has 0 N–H and O–H groups in total. The van der Waals surface area contributed by atoms with Gasteiger partial charge in [-0.05, 0) is 42.9 Å². The van der Waals surface area contributed by atoms with Gasteiger partial charge >= 0.3 is 0 Å². The van der Waals surface area contributed by atoms with E-state index in [9.17, 15) is 4.79 Å². The maximum Gasteiger partial charge on any atom is 0.246 e. The van der Waals surface area contributed by atoms with Crippen LogP contribution in [0.3, 0.4) is 0 Å². The van der Waals surface area contributed by atoms with Crippen molar-refractivity contribution in [2.45, 2.75) is 58.5 Å². The number of piperidine rings is 1. The first-order valence-electron chi connectivity index (χ1n) is 8.72. The van der Waals surface area contributed by atoms with Crippen molar-refractivity contribution in [2.75, 3.05) is 6.54 Å². The van der Waals surface area contributed by atoms with Gasteiger partial charge in [0.05, 0.1) is 0 Å². The van der Waals surface area contributed by atoms with E-state index in [2.05, 4.69) is 48.3 Å². The molecule has 6 heteroatoms. The van der Waals surface area contributed by atoms with Gasteiger partial charge in [0.25, 0.3) is 0 Å². The maximum atomic E-state index is 12.4. The van der Waals surface area contributed by atoms with Crippen molar-refractivity contribution in [1.29, 1.82) is 0 Å². The molecule has 1 aliphatic rings. The lowest BCUT2D eigenvalue weighted by Gasteiger charge is -2.33. The molecular weight excluding hydrogens is 302 g/mol. The van der Waals surface area contributed by atoms with Crippen LogP contribution in [-0.4, -0.2) is 43.6 Å². The highest BCUT2D eigenvalue weighted by Gasteiger charge is 2.23. The van der Waals surface area contributed by atoms with Crippen molar-refractivity contribution in [3.05, 3.63) is 29.8 Å². The zero-order valence-electron chi connectivity index (χ0n) is 14.6. The van der Waals surface area contributed by atoms with Crippen LogP contribution in [0.4, 0.5) is 0 Å². The van der Waals surface area contributed by atoms with Crippen molar-refractivity contribution in [3.63, 3.8) is 0 Å². The normalized spacial score (nSPS) is 18.2. The lowest BCUT2D eigenvalue weighted by atomic mass is 10.0. The minimum absolute atomic E-state index is 0.0707. The highest BCUT2D eigenvalue weighted by atomic mass is 16.2. The number of aromatic nitrogens is 4. The molecule has 1 aromatic heterocycles. The molecule has 1 saturated heterocycles. The SMILES string of the molecule is CC(C)c1ccc(-c2nnn(CC(=O)N3CCCC[C@@H]3C)n2)cc1. The number of hydrogen-bond donors (Lipinski definition) is 0. The summed E-state index contributed by atoms with van der Waals surface area (Å²) >= 11 is 0. The van der Waals surface area contributed by atoms with Crippen LogP contribution in [0, 0.1) is 0 Å². The molecule has 2 heterocycles. The molecule has 0 saturated carbocycles. The molecule has 1 amide bonds. The molecular formula is C18H25N5O. The molecule has 0 radical (unpaired) electrons. The third-order valence-corrected chi connectivity index (χ3v) is 4.69. The summed E-state index contributed by atoms with van der Waals surface area (Å²) in [6, 6.07) is 8.48. The summed E-state index contributed by atoms with van der Waals surface area (Å²) in [5.74, 6) is 1.12. The summed E-state index contributed by atoms with van der Waals surface area (Å²) in [5, 5.41) is 12.5. The fourth-order valence-electron chi connectivity index (χ4n) is 3.12. The number of hydrogen-bond acceptors (Lipinski definition) is 4. The minimum Gasteiger partial charge on any atom is -0.338 e. The van der Waals surface area contributed by atoms with Crippen LogP contribution in [0.2, 0.25) is 0 Å². The summed E-state index contributed by atoms with van der Waals surface area (Å²) in [4.78, 5) is 15.8. The lowest BCUT2D eigenvalue weighted by Crippen LogP contribution is -2.43. The van der Waals surface area contributed by atoms with Gasteiger partial charge < -0.3 is 4.90 Å². The Balaban J connectivity index is 1.67. The van der Waals surface area contributed by atoms with E-state index in [1.54, 1.807) is 0 Å². The molecule has 6 nitrogen and oxygen atoms in total. The number of carbonyl (C=O) groups is 1. The standard InChI is InChI=1S/C18H25N5O/c1-13(2)15-7-9-16(10-8-15)18-19-21-23(20-18)12-17(24)22-11-5-4-6-14(22)3/h7-10,13-14H,4-6,11-12H2,1-3H3/t14-/m0/s1. The van der Waals surface area contributed by atoms with Gasteiger partial charge in [0.2, 0.25) is 11.7 Å². The topological polar surface area (TPSA) is 63.9 Å². The van der Waals surface area contributed by atoms with Crippen molar-refractivity contribution in [1.82, 2.24) is 25.1 Å². The summed E-state index contributed by atoms with van der Waals surface area (Å²) in [6.45, 7) is 7.42. The first kappa shape index (κ1) is 16.6. The van der Waals surface area contributed by atoms with Gasteiger partial charge in [-0.25, -0.2) is 0 Å². The molecule has 24 heavy (non-hydrogen) atoms. The Morgan fingerprint density at radius 3 is 2.67 bits per heavy atom. The predicted octanol–water partition coefficient (Wildman–Crippen LogP) is 2.86. The quantitative estimate of drug-likeness (QED) is 0.866. The van der Waals surface area contributed by atoms with Gasteiger partial charge in [-0.15, -0.1) is 10.2 Å². The molecule has 0 aliphatic carbocycles. The van der Waals surface area contributed by atoms with E-state index in [-0.39, 0.29) is 12.5 Å². The van der Waals surface area contributed by atoms with E-state index < -0.39 is 0 Å². The molecule has 1 aromatic carbocycles. The Hall–Kier alpha value is -2.24. The minimum atomic E-state index is 0.0707. The average Bonchev–Trinajstić information content (AvgIpc) is 3.03. The second-order valence-electron chi connectivity index (χ2n) is 6.85. The number of nitrogens with zero attached hydrogens (tertiary/aromatic N) is 5. The van der Waals surface area contributed by atoms with E-state index in [0.717, 1.165) is 24.9 Å². The van der Waals surface area contributed by atoms with E-state index in [0.29, 0.717) is 17.8 Å². The average molecular weight is 327 g/mol. The molecule has 0 unspecified atom stereocenters. The number of carbonyl (C=O) groups excluding carboxylic acids is 1. The molecule has 1 aliphatic heterocycles. The van der Waals surface area contributed by atoms with Crippen LogP contribution in [-0.2, 0) is 11.3 Å². The van der Waals surface area contributed by atoms with Crippen LogP contribution < -0.4 is 0 Å². The van der Waals surface area contributed by atoms with Gasteiger partial charge in [0.1, 0.15) is 6.54 Å². The van der Waals surface area contributed by atoms with Crippen LogP contribution in [0.5, 0.6) is 0 Å². The Kier molecular flexibility index (Phi) is 4.92. The third-order valence-electron chi connectivity index (χ3n) is 4.69. The van der Waals surface area contributed by atoms with Crippen molar-refractivity contribution < 1.29 is 4.79 Å². The fraction of sp³-hybridized carbons (Fsp3) is 0.556. The number of amides is 1. The zero-order chi connectivity index (χ0) is 17.1. The van der Waals surface area contributed by atoms with Crippen LogP contribution in [0.1, 0.15) is 51.5 Å². The van der Waals surface area contributed by atoms with Gasteiger partial charge in [-0.1, -0.05) is 38.1 Å². The fourth-order valence-corrected chi connectivity index (χ4v) is 3.12. The van der Waals surface area contributed by atoms with Gasteiger partial charge in [0.15, 0.2) is 0 Å². The molecule has 0 bridgehead atoms. The lowest BCUT2D eigenvalue weighted by molar-refractivity contribution is -0.135. The number of tetrazole rings is 1. The zero-order valence-corrected chi connectivity index (χ0v) is 14.6. The monoisotopic (exact) mass is 327 g/mol. The van der Waals surface area contributed by atoms with E-state index in [4.69, 9.17) is 0 Å².